The van der Waals surface area contributed by atoms with Crippen LogP contribution < -0.4 is 16.0 Å². The molecule has 0 aliphatic carbocycles. The lowest BCUT2D eigenvalue weighted by Gasteiger charge is -2.17. The lowest BCUT2D eigenvalue weighted by atomic mass is 10.1. The maximum Gasteiger partial charge on any atom is 0.253 e. The van der Waals surface area contributed by atoms with Gasteiger partial charge in [-0.25, -0.2) is 0 Å². The molecule has 1 unspecified atom stereocenters. The van der Waals surface area contributed by atoms with Gasteiger partial charge in [0.2, 0.25) is 0 Å². The normalized spacial score (nSPS) is 12.0. The predicted molar refractivity (Wildman–Crippen MR) is 73.8 cm³/mol. The van der Waals surface area contributed by atoms with Gasteiger partial charge in [-0.3, -0.25) is 4.79 Å². The molecular weight excluding hydrogens is 230 g/mol. The second-order valence-corrected chi connectivity index (χ2v) is 4.56. The molecule has 0 bridgehead atoms. The molecule has 100 valence electrons. The van der Waals surface area contributed by atoms with E-state index >= 15 is 0 Å². The molecule has 1 aromatic rings. The van der Waals surface area contributed by atoms with E-state index in [4.69, 9.17) is 10.8 Å². The molecule has 0 fully saturated rings. The Morgan fingerprint density at radius 1 is 1.50 bits per heavy atom. The number of rotatable bonds is 5. The van der Waals surface area contributed by atoms with Gasteiger partial charge >= 0.3 is 0 Å². The third-order valence-corrected chi connectivity index (χ3v) is 2.59. The van der Waals surface area contributed by atoms with E-state index in [1.165, 1.54) is 0 Å². The van der Waals surface area contributed by atoms with Crippen LogP contribution in [0.1, 0.15) is 23.7 Å². The Bertz CT molecular complexity index is 417. The van der Waals surface area contributed by atoms with Crippen LogP contribution in [0, 0.1) is 0 Å². The molecule has 4 N–H and O–H groups in total. The minimum absolute atomic E-state index is 0.174. The Hall–Kier alpha value is -1.75. The average molecular weight is 251 g/mol. The maximum absolute atomic E-state index is 12.0. The summed E-state index contributed by atoms with van der Waals surface area (Å²) in [5.41, 5.74) is 7.63. The van der Waals surface area contributed by atoms with Crippen molar-refractivity contribution in [3.8, 4) is 0 Å². The molecule has 0 aliphatic rings. The van der Waals surface area contributed by atoms with Crippen molar-refractivity contribution in [1.29, 1.82) is 0 Å². The van der Waals surface area contributed by atoms with Crippen LogP contribution in [0.5, 0.6) is 0 Å². The van der Waals surface area contributed by atoms with E-state index in [9.17, 15) is 4.79 Å². The average Bonchev–Trinajstić information content (AvgIpc) is 2.27. The van der Waals surface area contributed by atoms with Crippen LogP contribution in [0.3, 0.4) is 0 Å². The van der Waals surface area contributed by atoms with E-state index in [0.717, 1.165) is 5.69 Å². The number of carbonyl (C=O) groups is 1. The van der Waals surface area contributed by atoms with Crippen molar-refractivity contribution in [2.75, 3.05) is 31.3 Å². The number of nitrogen functional groups attached to an aromatic ring is 1. The predicted octanol–water partition coefficient (Wildman–Crippen LogP) is 0.835. The number of amides is 1. The van der Waals surface area contributed by atoms with Crippen molar-refractivity contribution in [3.63, 3.8) is 0 Å². The topological polar surface area (TPSA) is 78.6 Å². The summed E-state index contributed by atoms with van der Waals surface area (Å²) in [7, 11) is 3.75. The Balaban J connectivity index is 2.80. The van der Waals surface area contributed by atoms with Crippen molar-refractivity contribution in [2.24, 2.45) is 0 Å². The van der Waals surface area contributed by atoms with Crippen LogP contribution in [-0.2, 0) is 0 Å². The molecule has 1 amide bonds. The van der Waals surface area contributed by atoms with Gasteiger partial charge in [-0.1, -0.05) is 0 Å². The standard InChI is InChI=1S/C13H21N3O2/c1-9(17)6-7-15-13(18)11-8-10(14)4-5-12(11)16(2)3/h4-5,8-9,17H,6-7,14H2,1-3H3,(H,15,18). The Morgan fingerprint density at radius 2 is 2.17 bits per heavy atom. The number of aliphatic hydroxyl groups excluding tert-OH is 1. The van der Waals surface area contributed by atoms with Crippen LogP contribution in [-0.4, -0.2) is 37.8 Å². The molecule has 1 atom stereocenters. The first kappa shape index (κ1) is 14.3. The largest absolute Gasteiger partial charge is 0.399 e. The summed E-state index contributed by atoms with van der Waals surface area (Å²) in [6.45, 7) is 2.13. The lowest BCUT2D eigenvalue weighted by molar-refractivity contribution is 0.0946. The highest BCUT2D eigenvalue weighted by Crippen LogP contribution is 2.21. The summed E-state index contributed by atoms with van der Waals surface area (Å²) in [6.07, 6.45) is 0.116. The number of nitrogens with two attached hydrogens (primary N) is 1. The van der Waals surface area contributed by atoms with Gasteiger partial charge in [-0.15, -0.1) is 0 Å². The Kier molecular flexibility index (Phi) is 4.97. The molecule has 5 nitrogen and oxygen atoms in total. The van der Waals surface area contributed by atoms with E-state index in [2.05, 4.69) is 5.32 Å². The number of nitrogens with one attached hydrogen (secondary N) is 1. The summed E-state index contributed by atoms with van der Waals surface area (Å²) >= 11 is 0. The van der Waals surface area contributed by atoms with Crippen LogP contribution >= 0.6 is 0 Å². The van der Waals surface area contributed by atoms with Gasteiger partial charge in [0.25, 0.3) is 5.91 Å². The van der Waals surface area contributed by atoms with E-state index in [1.54, 1.807) is 19.1 Å². The smallest absolute Gasteiger partial charge is 0.253 e. The van der Waals surface area contributed by atoms with E-state index in [-0.39, 0.29) is 5.91 Å². The van der Waals surface area contributed by atoms with Crippen molar-refractivity contribution in [1.82, 2.24) is 5.32 Å². The zero-order valence-corrected chi connectivity index (χ0v) is 11.1. The van der Waals surface area contributed by atoms with Crippen molar-refractivity contribution < 1.29 is 9.90 Å². The highest BCUT2D eigenvalue weighted by molar-refractivity contribution is 6.00. The van der Waals surface area contributed by atoms with Gasteiger partial charge < -0.3 is 21.1 Å². The highest BCUT2D eigenvalue weighted by Gasteiger charge is 2.13. The van der Waals surface area contributed by atoms with Crippen LogP contribution in [0.15, 0.2) is 18.2 Å². The second-order valence-electron chi connectivity index (χ2n) is 4.56. The molecule has 0 spiro atoms. The number of aliphatic hydroxyl groups is 1. The fourth-order valence-electron chi connectivity index (χ4n) is 1.62. The summed E-state index contributed by atoms with van der Waals surface area (Å²) < 4.78 is 0. The number of nitrogens with zero attached hydrogens (tertiary/aromatic N) is 1. The number of benzene rings is 1. The SMILES string of the molecule is CC(O)CCNC(=O)c1cc(N)ccc1N(C)C. The molecule has 0 heterocycles. The fourth-order valence-corrected chi connectivity index (χ4v) is 1.62. The molecule has 0 aliphatic heterocycles. The third kappa shape index (κ3) is 3.92. The minimum Gasteiger partial charge on any atom is -0.399 e. The number of anilines is 2. The zero-order valence-electron chi connectivity index (χ0n) is 11.1. The van der Waals surface area contributed by atoms with Crippen molar-refractivity contribution >= 4 is 17.3 Å². The van der Waals surface area contributed by atoms with Crippen LogP contribution in [0.25, 0.3) is 0 Å². The second kappa shape index (κ2) is 6.26. The van der Waals surface area contributed by atoms with Crippen LogP contribution in [0.4, 0.5) is 11.4 Å². The summed E-state index contributed by atoms with van der Waals surface area (Å²) in [5.74, 6) is -0.174. The van der Waals surface area contributed by atoms with Gasteiger partial charge in [-0.2, -0.15) is 0 Å². The van der Waals surface area contributed by atoms with Crippen LogP contribution in [0.2, 0.25) is 0 Å². The first-order valence-corrected chi connectivity index (χ1v) is 5.95. The summed E-state index contributed by atoms with van der Waals surface area (Å²) in [6, 6.07) is 5.24. The minimum atomic E-state index is -0.417. The molecule has 18 heavy (non-hydrogen) atoms. The van der Waals surface area contributed by atoms with Gasteiger partial charge in [0, 0.05) is 32.0 Å². The monoisotopic (exact) mass is 251 g/mol. The van der Waals surface area contributed by atoms with E-state index < -0.39 is 6.10 Å². The fraction of sp³-hybridized carbons (Fsp3) is 0.462. The molecule has 5 heteroatoms. The van der Waals surface area contributed by atoms with E-state index in [0.29, 0.717) is 24.2 Å². The zero-order chi connectivity index (χ0) is 13.7. The first-order chi connectivity index (χ1) is 8.41. The number of hydrogen-bond donors (Lipinski definition) is 3. The Morgan fingerprint density at radius 3 is 2.72 bits per heavy atom. The summed E-state index contributed by atoms with van der Waals surface area (Å²) in [4.78, 5) is 13.9. The number of hydrogen-bond acceptors (Lipinski definition) is 4. The van der Waals surface area contributed by atoms with E-state index in [1.807, 2.05) is 25.1 Å². The Labute approximate surface area is 108 Å². The quantitative estimate of drug-likeness (QED) is 0.677. The third-order valence-electron chi connectivity index (χ3n) is 2.59. The van der Waals surface area contributed by atoms with Gasteiger partial charge in [-0.05, 0) is 31.5 Å². The summed E-state index contributed by atoms with van der Waals surface area (Å²) in [5, 5.41) is 11.9. The van der Waals surface area contributed by atoms with Crippen molar-refractivity contribution in [2.45, 2.75) is 19.4 Å². The van der Waals surface area contributed by atoms with Gasteiger partial charge in [0.1, 0.15) is 0 Å². The molecule has 0 radical (unpaired) electrons. The van der Waals surface area contributed by atoms with Crippen molar-refractivity contribution in [3.05, 3.63) is 23.8 Å². The molecule has 0 saturated heterocycles. The highest BCUT2D eigenvalue weighted by atomic mass is 16.3. The maximum atomic E-state index is 12.0. The molecule has 1 aromatic carbocycles. The van der Waals surface area contributed by atoms with Gasteiger partial charge in [0.05, 0.1) is 11.7 Å². The lowest BCUT2D eigenvalue weighted by Crippen LogP contribution is -2.28. The molecule has 1 rings (SSSR count). The van der Waals surface area contributed by atoms with Gasteiger partial charge in [0.15, 0.2) is 0 Å². The number of carbonyl (C=O) groups excluding carboxylic acids is 1. The molecular formula is C13H21N3O2. The molecule has 0 aromatic heterocycles. The first-order valence-electron chi connectivity index (χ1n) is 5.95. The molecule has 0 saturated carbocycles.